The van der Waals surface area contributed by atoms with Crippen molar-refractivity contribution >= 4 is 29.2 Å². The number of hydrogen-bond acceptors (Lipinski definition) is 3. The van der Waals surface area contributed by atoms with E-state index in [9.17, 15) is 4.79 Å². The van der Waals surface area contributed by atoms with Crippen LogP contribution in [0.4, 0.5) is 4.79 Å². The van der Waals surface area contributed by atoms with E-state index in [1.807, 2.05) is 0 Å². The van der Waals surface area contributed by atoms with Gasteiger partial charge in [0.05, 0.1) is 12.4 Å². The van der Waals surface area contributed by atoms with Crippen molar-refractivity contribution in [1.29, 1.82) is 0 Å². The zero-order valence-corrected chi connectivity index (χ0v) is 8.27. The van der Waals surface area contributed by atoms with E-state index in [0.717, 1.165) is 0 Å². The van der Waals surface area contributed by atoms with Crippen LogP contribution in [0.1, 0.15) is 0 Å². The van der Waals surface area contributed by atoms with Gasteiger partial charge in [0.1, 0.15) is 23.0 Å². The van der Waals surface area contributed by atoms with Crippen molar-refractivity contribution in [3.63, 3.8) is 0 Å². The second kappa shape index (κ2) is 3.43. The average Bonchev–Trinajstić information content (AvgIpc) is 2.73. The van der Waals surface area contributed by atoms with Gasteiger partial charge in [0.15, 0.2) is 0 Å². The average molecular weight is 231 g/mol. The summed E-state index contributed by atoms with van der Waals surface area (Å²) in [6.07, 6.45) is 5.44. The fraction of sp³-hybridized carbons (Fsp3) is 0. The zero-order chi connectivity index (χ0) is 10.1. The molecule has 0 amide bonds. The standard InChI is InChI=1S/C7H4Cl2N4O/c8-5-1-12(3-10-5)7(14)13-2-6(9)11-4-13/h1-4H. The number of carbonyl (C=O) groups is 1. The predicted molar refractivity (Wildman–Crippen MR) is 50.7 cm³/mol. The van der Waals surface area contributed by atoms with Crippen molar-refractivity contribution in [3.8, 4) is 0 Å². The molecule has 0 spiro atoms. The van der Waals surface area contributed by atoms with E-state index in [2.05, 4.69) is 9.97 Å². The summed E-state index contributed by atoms with van der Waals surface area (Å²) in [6, 6.07) is -0.344. The van der Waals surface area contributed by atoms with Crippen LogP contribution in [0.3, 0.4) is 0 Å². The number of halogens is 2. The van der Waals surface area contributed by atoms with Crippen LogP contribution in [0.5, 0.6) is 0 Å². The van der Waals surface area contributed by atoms with Crippen LogP contribution >= 0.6 is 23.2 Å². The molecule has 0 aliphatic heterocycles. The Morgan fingerprint density at radius 3 is 1.79 bits per heavy atom. The summed E-state index contributed by atoms with van der Waals surface area (Å²) < 4.78 is 2.47. The van der Waals surface area contributed by atoms with E-state index in [1.165, 1.54) is 34.2 Å². The van der Waals surface area contributed by atoms with E-state index < -0.39 is 0 Å². The van der Waals surface area contributed by atoms with Gasteiger partial charge in [-0.1, -0.05) is 23.2 Å². The summed E-state index contributed by atoms with van der Waals surface area (Å²) in [6.45, 7) is 0. The van der Waals surface area contributed by atoms with Crippen LogP contribution in [0, 0.1) is 0 Å². The molecule has 2 aromatic rings. The molecule has 2 rings (SSSR count). The van der Waals surface area contributed by atoms with Crippen LogP contribution in [0.15, 0.2) is 25.0 Å². The highest BCUT2D eigenvalue weighted by atomic mass is 35.5. The first-order valence-electron chi connectivity index (χ1n) is 3.60. The van der Waals surface area contributed by atoms with E-state index >= 15 is 0 Å². The fourth-order valence-electron chi connectivity index (χ4n) is 0.940. The molecule has 0 fully saturated rings. The molecule has 0 unspecified atom stereocenters. The Morgan fingerprint density at radius 2 is 1.50 bits per heavy atom. The topological polar surface area (TPSA) is 52.7 Å². The first-order valence-corrected chi connectivity index (χ1v) is 4.36. The fourth-order valence-corrected chi connectivity index (χ4v) is 1.24. The van der Waals surface area contributed by atoms with Crippen LogP contribution in [0.25, 0.3) is 0 Å². The molecule has 5 nitrogen and oxygen atoms in total. The molecule has 0 bridgehead atoms. The Hall–Kier alpha value is -1.33. The Bertz CT molecular complexity index is 433. The van der Waals surface area contributed by atoms with E-state index in [0.29, 0.717) is 0 Å². The first-order chi connectivity index (χ1) is 6.66. The number of rotatable bonds is 0. The maximum Gasteiger partial charge on any atom is 0.338 e. The molecule has 0 atom stereocenters. The molecule has 0 saturated carbocycles. The number of imidazole rings is 2. The number of hydrogen-bond donors (Lipinski definition) is 0. The van der Waals surface area contributed by atoms with Gasteiger partial charge >= 0.3 is 6.03 Å². The highest BCUT2D eigenvalue weighted by molar-refractivity contribution is 6.29. The molecular formula is C7H4Cl2N4O. The quantitative estimate of drug-likeness (QED) is 0.695. The molecule has 72 valence electrons. The third kappa shape index (κ3) is 1.64. The number of nitrogens with zero attached hydrogens (tertiary/aromatic N) is 4. The Labute approximate surface area is 88.9 Å². The highest BCUT2D eigenvalue weighted by Gasteiger charge is 2.08. The molecule has 14 heavy (non-hydrogen) atoms. The summed E-state index contributed by atoms with van der Waals surface area (Å²) in [5.74, 6) is 0. The maximum atomic E-state index is 11.6. The molecule has 0 aliphatic rings. The van der Waals surface area contributed by atoms with Gasteiger partial charge in [-0.2, -0.15) is 0 Å². The third-order valence-electron chi connectivity index (χ3n) is 1.54. The van der Waals surface area contributed by atoms with Gasteiger partial charge in [0.2, 0.25) is 0 Å². The summed E-state index contributed by atoms with van der Waals surface area (Å²) in [7, 11) is 0. The molecule has 0 aromatic carbocycles. The molecule has 0 N–H and O–H groups in total. The second-order valence-electron chi connectivity index (χ2n) is 2.49. The highest BCUT2D eigenvalue weighted by Crippen LogP contribution is 2.06. The minimum Gasteiger partial charge on any atom is -0.256 e. The number of carbonyl (C=O) groups excluding carboxylic acids is 1. The zero-order valence-electron chi connectivity index (χ0n) is 6.76. The molecule has 0 aliphatic carbocycles. The largest absolute Gasteiger partial charge is 0.338 e. The SMILES string of the molecule is O=C(n1cnc(Cl)c1)n1cnc(Cl)c1. The van der Waals surface area contributed by atoms with Crippen molar-refractivity contribution in [1.82, 2.24) is 19.1 Å². The van der Waals surface area contributed by atoms with Crippen LogP contribution < -0.4 is 0 Å². The lowest BCUT2D eigenvalue weighted by molar-refractivity contribution is 0.244. The number of aromatic nitrogens is 4. The molecule has 2 aromatic heterocycles. The van der Waals surface area contributed by atoms with Gasteiger partial charge in [-0.15, -0.1) is 0 Å². The predicted octanol–water partition coefficient (Wildman–Crippen LogP) is 1.90. The summed E-state index contributed by atoms with van der Waals surface area (Å²) in [5, 5.41) is 0.508. The normalized spacial score (nSPS) is 10.4. The Morgan fingerprint density at radius 1 is 1.07 bits per heavy atom. The molecule has 0 radical (unpaired) electrons. The van der Waals surface area contributed by atoms with Gasteiger partial charge in [-0.05, 0) is 0 Å². The first kappa shape index (κ1) is 9.23. The van der Waals surface area contributed by atoms with Crippen molar-refractivity contribution in [2.45, 2.75) is 0 Å². The van der Waals surface area contributed by atoms with Crippen LogP contribution in [0.2, 0.25) is 10.3 Å². The van der Waals surface area contributed by atoms with E-state index in [4.69, 9.17) is 23.2 Å². The Kier molecular flexibility index (Phi) is 2.26. The molecular weight excluding hydrogens is 227 g/mol. The summed E-state index contributed by atoms with van der Waals surface area (Å²) in [5.41, 5.74) is 0. The molecule has 0 saturated heterocycles. The second-order valence-corrected chi connectivity index (χ2v) is 3.26. The molecule has 2 heterocycles. The maximum absolute atomic E-state index is 11.6. The summed E-state index contributed by atoms with van der Waals surface area (Å²) in [4.78, 5) is 19.0. The van der Waals surface area contributed by atoms with Gasteiger partial charge in [0.25, 0.3) is 0 Å². The summed E-state index contributed by atoms with van der Waals surface area (Å²) >= 11 is 11.1. The minimum atomic E-state index is -0.344. The molecule has 7 heteroatoms. The van der Waals surface area contributed by atoms with Crippen molar-refractivity contribution in [2.75, 3.05) is 0 Å². The van der Waals surface area contributed by atoms with Crippen LogP contribution in [-0.4, -0.2) is 25.1 Å². The monoisotopic (exact) mass is 230 g/mol. The lowest BCUT2D eigenvalue weighted by atomic mass is 10.8. The van der Waals surface area contributed by atoms with E-state index in [-0.39, 0.29) is 16.3 Å². The lowest BCUT2D eigenvalue weighted by Gasteiger charge is -1.98. The van der Waals surface area contributed by atoms with Crippen LogP contribution in [-0.2, 0) is 0 Å². The van der Waals surface area contributed by atoms with Crippen molar-refractivity contribution in [2.24, 2.45) is 0 Å². The van der Waals surface area contributed by atoms with Crippen molar-refractivity contribution in [3.05, 3.63) is 35.4 Å². The van der Waals surface area contributed by atoms with Gasteiger partial charge < -0.3 is 0 Å². The minimum absolute atomic E-state index is 0.254. The van der Waals surface area contributed by atoms with Gasteiger partial charge in [0, 0.05) is 0 Å². The van der Waals surface area contributed by atoms with E-state index in [1.54, 1.807) is 0 Å². The van der Waals surface area contributed by atoms with Crippen molar-refractivity contribution < 1.29 is 4.79 Å². The van der Waals surface area contributed by atoms with Gasteiger partial charge in [-0.25, -0.2) is 14.8 Å². The van der Waals surface area contributed by atoms with Gasteiger partial charge in [-0.3, -0.25) is 9.13 Å². The third-order valence-corrected chi connectivity index (χ3v) is 1.93. The smallest absolute Gasteiger partial charge is 0.256 e. The Balaban J connectivity index is 2.33. The lowest BCUT2D eigenvalue weighted by Crippen LogP contribution is -2.15.